The van der Waals surface area contributed by atoms with Gasteiger partial charge in [-0.15, -0.1) is 0 Å². The number of carbonyl (C=O) groups excluding carboxylic acids is 1. The van der Waals surface area contributed by atoms with Crippen molar-refractivity contribution in [1.82, 2.24) is 4.98 Å². The highest BCUT2D eigenvalue weighted by Crippen LogP contribution is 2.29. The molecule has 2 rings (SSSR count). The molecule has 2 aromatic rings. The van der Waals surface area contributed by atoms with Gasteiger partial charge in [0.25, 0.3) is 0 Å². The molecule has 1 aromatic heterocycles. The van der Waals surface area contributed by atoms with Gasteiger partial charge in [-0.05, 0) is 24.3 Å². The van der Waals surface area contributed by atoms with Crippen LogP contribution in [0.2, 0.25) is 5.02 Å². The predicted octanol–water partition coefficient (Wildman–Crippen LogP) is 3.98. The summed E-state index contributed by atoms with van der Waals surface area (Å²) in [6.45, 7) is 0. The SMILES string of the molecule is O=C(c1ccc(C(F)(F)F)cc1)c1cc(Cl)ccn1. The van der Waals surface area contributed by atoms with E-state index in [1.165, 1.54) is 18.3 Å². The number of alkyl halides is 3. The van der Waals surface area contributed by atoms with Crippen molar-refractivity contribution in [2.24, 2.45) is 0 Å². The van der Waals surface area contributed by atoms with E-state index >= 15 is 0 Å². The quantitative estimate of drug-likeness (QED) is 0.781. The Morgan fingerprint density at radius 2 is 1.74 bits per heavy atom. The smallest absolute Gasteiger partial charge is 0.287 e. The standard InChI is InChI=1S/C13H7ClF3NO/c14-10-5-6-18-11(7-10)12(19)8-1-3-9(4-2-8)13(15,16)17/h1-7H. The highest BCUT2D eigenvalue weighted by molar-refractivity contribution is 6.31. The average Bonchev–Trinajstić information content (AvgIpc) is 2.37. The first-order valence-electron chi connectivity index (χ1n) is 5.21. The van der Waals surface area contributed by atoms with Gasteiger partial charge in [-0.25, -0.2) is 0 Å². The van der Waals surface area contributed by atoms with E-state index in [0.717, 1.165) is 24.3 Å². The van der Waals surface area contributed by atoms with E-state index in [2.05, 4.69) is 4.98 Å². The molecule has 0 saturated heterocycles. The first kappa shape index (κ1) is 13.5. The molecular weight excluding hydrogens is 279 g/mol. The van der Waals surface area contributed by atoms with Crippen LogP contribution in [0.25, 0.3) is 0 Å². The zero-order valence-corrected chi connectivity index (χ0v) is 10.2. The number of halogens is 4. The molecule has 0 saturated carbocycles. The van der Waals surface area contributed by atoms with Gasteiger partial charge in [-0.1, -0.05) is 23.7 Å². The van der Waals surface area contributed by atoms with Crippen LogP contribution in [0, 0.1) is 0 Å². The summed E-state index contributed by atoms with van der Waals surface area (Å²) in [5, 5.41) is 0.338. The van der Waals surface area contributed by atoms with Gasteiger partial charge in [0.2, 0.25) is 5.78 Å². The third kappa shape index (κ3) is 3.12. The number of benzene rings is 1. The summed E-state index contributed by atoms with van der Waals surface area (Å²) < 4.78 is 37.1. The molecule has 0 aliphatic heterocycles. The van der Waals surface area contributed by atoms with Gasteiger partial charge >= 0.3 is 6.18 Å². The number of carbonyl (C=O) groups is 1. The Hall–Kier alpha value is -1.88. The van der Waals surface area contributed by atoms with Crippen LogP contribution in [-0.4, -0.2) is 10.8 Å². The minimum absolute atomic E-state index is 0.0901. The maximum atomic E-state index is 12.4. The fourth-order valence-electron chi connectivity index (χ4n) is 1.49. The van der Waals surface area contributed by atoms with Crippen LogP contribution in [0.1, 0.15) is 21.6 Å². The van der Waals surface area contributed by atoms with E-state index in [-0.39, 0.29) is 11.3 Å². The summed E-state index contributed by atoms with van der Waals surface area (Å²) in [7, 11) is 0. The highest BCUT2D eigenvalue weighted by Gasteiger charge is 2.30. The summed E-state index contributed by atoms with van der Waals surface area (Å²) in [5.74, 6) is -0.476. The van der Waals surface area contributed by atoms with Crippen molar-refractivity contribution in [2.75, 3.05) is 0 Å². The van der Waals surface area contributed by atoms with Gasteiger partial charge in [-0.3, -0.25) is 9.78 Å². The molecule has 1 heterocycles. The van der Waals surface area contributed by atoms with Crippen LogP contribution < -0.4 is 0 Å². The Balaban J connectivity index is 2.30. The first-order valence-corrected chi connectivity index (χ1v) is 5.59. The summed E-state index contributed by atoms with van der Waals surface area (Å²) in [4.78, 5) is 15.8. The predicted molar refractivity (Wildman–Crippen MR) is 64.1 cm³/mol. The van der Waals surface area contributed by atoms with Crippen molar-refractivity contribution >= 4 is 17.4 Å². The molecular formula is C13H7ClF3NO. The number of pyridine rings is 1. The maximum Gasteiger partial charge on any atom is 0.416 e. The second-order valence-corrected chi connectivity index (χ2v) is 4.20. The lowest BCUT2D eigenvalue weighted by Gasteiger charge is -2.07. The fraction of sp³-hybridized carbons (Fsp3) is 0.0769. The first-order chi connectivity index (χ1) is 8.88. The Morgan fingerprint density at radius 3 is 2.26 bits per heavy atom. The van der Waals surface area contributed by atoms with Crippen molar-refractivity contribution in [3.05, 3.63) is 64.4 Å². The van der Waals surface area contributed by atoms with Gasteiger partial charge in [0.1, 0.15) is 5.69 Å². The van der Waals surface area contributed by atoms with Crippen LogP contribution in [0.15, 0.2) is 42.6 Å². The molecule has 0 aliphatic rings. The zero-order valence-electron chi connectivity index (χ0n) is 9.41. The Morgan fingerprint density at radius 1 is 1.11 bits per heavy atom. The Labute approximate surface area is 111 Å². The second kappa shape index (κ2) is 5.01. The zero-order chi connectivity index (χ0) is 14.0. The topological polar surface area (TPSA) is 30.0 Å². The number of hydrogen-bond acceptors (Lipinski definition) is 2. The molecule has 0 bridgehead atoms. The molecule has 0 aliphatic carbocycles. The average molecular weight is 286 g/mol. The van der Waals surface area contributed by atoms with Crippen LogP contribution in [0.4, 0.5) is 13.2 Å². The molecule has 0 N–H and O–H groups in total. The molecule has 19 heavy (non-hydrogen) atoms. The molecule has 2 nitrogen and oxygen atoms in total. The molecule has 0 amide bonds. The monoisotopic (exact) mass is 285 g/mol. The van der Waals surface area contributed by atoms with E-state index in [1.807, 2.05) is 0 Å². The minimum Gasteiger partial charge on any atom is -0.287 e. The van der Waals surface area contributed by atoms with E-state index < -0.39 is 17.5 Å². The normalized spacial score (nSPS) is 11.4. The molecule has 6 heteroatoms. The molecule has 98 valence electrons. The van der Waals surface area contributed by atoms with Crippen LogP contribution in [-0.2, 0) is 6.18 Å². The minimum atomic E-state index is -4.42. The summed E-state index contributed by atoms with van der Waals surface area (Å²) in [5.41, 5.74) is -0.585. The second-order valence-electron chi connectivity index (χ2n) is 3.76. The molecule has 0 radical (unpaired) electrons. The number of aromatic nitrogens is 1. The number of rotatable bonds is 2. The summed E-state index contributed by atoms with van der Waals surface area (Å²) in [6, 6.07) is 6.82. The van der Waals surface area contributed by atoms with E-state index in [9.17, 15) is 18.0 Å². The van der Waals surface area contributed by atoms with Crippen molar-refractivity contribution in [2.45, 2.75) is 6.18 Å². The summed E-state index contributed by atoms with van der Waals surface area (Å²) in [6.07, 6.45) is -3.06. The summed E-state index contributed by atoms with van der Waals surface area (Å²) >= 11 is 5.72. The Bertz CT molecular complexity index is 608. The van der Waals surface area contributed by atoms with Crippen LogP contribution in [0.3, 0.4) is 0 Å². The van der Waals surface area contributed by atoms with E-state index in [1.54, 1.807) is 0 Å². The van der Waals surface area contributed by atoms with Crippen molar-refractivity contribution in [3.63, 3.8) is 0 Å². The maximum absolute atomic E-state index is 12.4. The third-order valence-electron chi connectivity index (χ3n) is 2.43. The van der Waals surface area contributed by atoms with Crippen molar-refractivity contribution < 1.29 is 18.0 Å². The lowest BCUT2D eigenvalue weighted by molar-refractivity contribution is -0.137. The van der Waals surface area contributed by atoms with Gasteiger partial charge in [0, 0.05) is 16.8 Å². The van der Waals surface area contributed by atoms with E-state index in [0.29, 0.717) is 5.02 Å². The highest BCUT2D eigenvalue weighted by atomic mass is 35.5. The molecule has 1 aromatic carbocycles. The number of hydrogen-bond donors (Lipinski definition) is 0. The molecule has 0 spiro atoms. The molecule has 0 unspecified atom stereocenters. The molecule has 0 fully saturated rings. The van der Waals surface area contributed by atoms with Crippen LogP contribution >= 0.6 is 11.6 Å². The van der Waals surface area contributed by atoms with Crippen molar-refractivity contribution in [1.29, 1.82) is 0 Å². The van der Waals surface area contributed by atoms with Gasteiger partial charge in [-0.2, -0.15) is 13.2 Å². The largest absolute Gasteiger partial charge is 0.416 e. The van der Waals surface area contributed by atoms with Gasteiger partial charge < -0.3 is 0 Å². The molecule has 0 atom stereocenters. The van der Waals surface area contributed by atoms with Gasteiger partial charge in [0.15, 0.2) is 0 Å². The lowest BCUT2D eigenvalue weighted by atomic mass is 10.1. The lowest BCUT2D eigenvalue weighted by Crippen LogP contribution is -2.07. The van der Waals surface area contributed by atoms with Gasteiger partial charge in [0.05, 0.1) is 5.56 Å². The van der Waals surface area contributed by atoms with Crippen LogP contribution in [0.5, 0.6) is 0 Å². The Kier molecular flexibility index (Phi) is 3.57. The fourth-order valence-corrected chi connectivity index (χ4v) is 1.65. The van der Waals surface area contributed by atoms with Crippen molar-refractivity contribution in [3.8, 4) is 0 Å². The third-order valence-corrected chi connectivity index (χ3v) is 2.66. The number of ketones is 1. The number of nitrogens with zero attached hydrogens (tertiary/aromatic N) is 1. The van der Waals surface area contributed by atoms with E-state index in [4.69, 9.17) is 11.6 Å².